The predicted molar refractivity (Wildman–Crippen MR) is 104 cm³/mol. The highest BCUT2D eigenvalue weighted by Gasteiger charge is 2.32. The Bertz CT molecular complexity index is 927. The Kier molecular flexibility index (Phi) is 5.72. The second kappa shape index (κ2) is 7.86. The minimum absolute atomic E-state index is 0.172. The molecule has 27 heavy (non-hydrogen) atoms. The second-order valence-corrected chi connectivity index (χ2v) is 8.73. The van der Waals surface area contributed by atoms with Crippen LogP contribution >= 0.6 is 0 Å². The van der Waals surface area contributed by atoms with Crippen LogP contribution in [0.1, 0.15) is 37.4 Å². The SMILES string of the molecule is CCCn1c(C)c(C)c(S(=O)(=O)c2ccccc2)c1NC(=O)C1CCCO1. The van der Waals surface area contributed by atoms with Crippen LogP contribution in [0.25, 0.3) is 0 Å². The fourth-order valence-electron chi connectivity index (χ4n) is 3.49. The number of sulfone groups is 1. The number of carbonyl (C=O) groups excluding carboxylic acids is 1. The quantitative estimate of drug-likeness (QED) is 0.819. The van der Waals surface area contributed by atoms with Gasteiger partial charge in [-0.1, -0.05) is 25.1 Å². The lowest BCUT2D eigenvalue weighted by Crippen LogP contribution is -2.29. The third kappa shape index (κ3) is 3.66. The van der Waals surface area contributed by atoms with E-state index >= 15 is 0 Å². The topological polar surface area (TPSA) is 77.4 Å². The molecule has 0 bridgehead atoms. The molecule has 6 nitrogen and oxygen atoms in total. The fraction of sp³-hybridized carbons (Fsp3) is 0.450. The Hall–Kier alpha value is -2.12. The van der Waals surface area contributed by atoms with Gasteiger partial charge in [0.05, 0.1) is 4.90 Å². The summed E-state index contributed by atoms with van der Waals surface area (Å²) in [6.45, 7) is 6.88. The highest BCUT2D eigenvalue weighted by molar-refractivity contribution is 7.91. The summed E-state index contributed by atoms with van der Waals surface area (Å²) in [6, 6.07) is 8.32. The van der Waals surface area contributed by atoms with Crippen LogP contribution in [0.3, 0.4) is 0 Å². The maximum atomic E-state index is 13.4. The zero-order valence-corrected chi connectivity index (χ0v) is 16.8. The number of amides is 1. The molecule has 1 fully saturated rings. The van der Waals surface area contributed by atoms with E-state index < -0.39 is 15.9 Å². The molecule has 1 amide bonds. The average molecular weight is 391 g/mol. The lowest BCUT2D eigenvalue weighted by Gasteiger charge is -2.16. The van der Waals surface area contributed by atoms with Crippen molar-refractivity contribution in [2.45, 2.75) is 62.5 Å². The molecule has 1 aliphatic rings. The van der Waals surface area contributed by atoms with Crippen molar-refractivity contribution in [2.24, 2.45) is 0 Å². The highest BCUT2D eigenvalue weighted by atomic mass is 32.2. The monoisotopic (exact) mass is 390 g/mol. The summed E-state index contributed by atoms with van der Waals surface area (Å²) in [5.41, 5.74) is 1.50. The summed E-state index contributed by atoms with van der Waals surface area (Å²) in [5.74, 6) is 0.0584. The third-order valence-corrected chi connectivity index (χ3v) is 6.94. The average Bonchev–Trinajstić information content (AvgIpc) is 3.27. The van der Waals surface area contributed by atoms with E-state index in [1.165, 1.54) is 0 Å². The number of nitrogens with one attached hydrogen (secondary N) is 1. The zero-order chi connectivity index (χ0) is 19.6. The smallest absolute Gasteiger partial charge is 0.254 e. The normalized spacial score (nSPS) is 17.2. The Morgan fingerprint density at radius 3 is 2.56 bits per heavy atom. The molecule has 3 rings (SSSR count). The predicted octanol–water partition coefficient (Wildman–Crippen LogP) is 3.47. The van der Waals surface area contributed by atoms with Crippen LogP contribution in [-0.2, 0) is 25.9 Å². The Balaban J connectivity index is 2.12. The van der Waals surface area contributed by atoms with E-state index in [1.807, 2.05) is 18.4 Å². The molecule has 1 aliphatic heterocycles. The van der Waals surface area contributed by atoms with Crippen molar-refractivity contribution < 1.29 is 17.9 Å². The van der Waals surface area contributed by atoms with Crippen LogP contribution < -0.4 is 5.32 Å². The van der Waals surface area contributed by atoms with Gasteiger partial charge in [-0.25, -0.2) is 8.42 Å². The number of hydrogen-bond acceptors (Lipinski definition) is 4. The second-order valence-electron chi connectivity index (χ2n) is 6.85. The molecule has 2 heterocycles. The van der Waals surface area contributed by atoms with Crippen LogP contribution in [0.4, 0.5) is 5.82 Å². The molecule has 1 aromatic heterocycles. The summed E-state index contributed by atoms with van der Waals surface area (Å²) in [4.78, 5) is 13.1. The van der Waals surface area contributed by atoms with Crippen LogP contribution in [0.5, 0.6) is 0 Å². The van der Waals surface area contributed by atoms with Crippen molar-refractivity contribution in [1.29, 1.82) is 0 Å². The first-order valence-corrected chi connectivity index (χ1v) is 10.8. The number of anilines is 1. The van der Waals surface area contributed by atoms with Crippen LogP contribution in [0.2, 0.25) is 0 Å². The van der Waals surface area contributed by atoms with Crippen molar-refractivity contribution in [3.63, 3.8) is 0 Å². The molecule has 1 unspecified atom stereocenters. The molecule has 1 N–H and O–H groups in total. The molecular formula is C20H26N2O4S. The number of aromatic nitrogens is 1. The molecule has 0 radical (unpaired) electrons. The van der Waals surface area contributed by atoms with Gasteiger partial charge in [-0.2, -0.15) is 0 Å². The lowest BCUT2D eigenvalue weighted by atomic mass is 10.2. The van der Waals surface area contributed by atoms with Gasteiger partial charge in [0.2, 0.25) is 9.84 Å². The Morgan fingerprint density at radius 2 is 1.96 bits per heavy atom. The summed E-state index contributed by atoms with van der Waals surface area (Å²) >= 11 is 0. The maximum Gasteiger partial charge on any atom is 0.254 e. The van der Waals surface area contributed by atoms with E-state index in [4.69, 9.17) is 4.74 Å². The molecular weight excluding hydrogens is 364 g/mol. The van der Waals surface area contributed by atoms with Crippen molar-refractivity contribution in [2.75, 3.05) is 11.9 Å². The lowest BCUT2D eigenvalue weighted by molar-refractivity contribution is -0.124. The first kappa shape index (κ1) is 19.6. The van der Waals surface area contributed by atoms with Crippen LogP contribution in [-0.4, -0.2) is 31.6 Å². The largest absolute Gasteiger partial charge is 0.368 e. The molecule has 7 heteroatoms. The van der Waals surface area contributed by atoms with Crippen LogP contribution in [0, 0.1) is 13.8 Å². The van der Waals surface area contributed by atoms with Crippen molar-refractivity contribution in [3.05, 3.63) is 41.6 Å². The number of ether oxygens (including phenoxy) is 1. The number of rotatable bonds is 6. The Labute approximate surface area is 160 Å². The molecule has 0 saturated carbocycles. The molecule has 0 aliphatic carbocycles. The van der Waals surface area contributed by atoms with Gasteiger partial charge in [-0.05, 0) is 50.8 Å². The van der Waals surface area contributed by atoms with Gasteiger partial charge in [0.15, 0.2) is 0 Å². The van der Waals surface area contributed by atoms with Crippen molar-refractivity contribution in [1.82, 2.24) is 4.57 Å². The molecule has 146 valence electrons. The van der Waals surface area contributed by atoms with E-state index in [0.717, 1.165) is 18.5 Å². The van der Waals surface area contributed by atoms with Gasteiger partial charge in [0, 0.05) is 18.8 Å². The number of benzene rings is 1. The van der Waals surface area contributed by atoms with Gasteiger partial charge in [0.25, 0.3) is 5.91 Å². The minimum Gasteiger partial charge on any atom is -0.368 e. The van der Waals surface area contributed by atoms with Gasteiger partial charge >= 0.3 is 0 Å². The van der Waals surface area contributed by atoms with E-state index in [0.29, 0.717) is 31.0 Å². The first-order chi connectivity index (χ1) is 12.9. The van der Waals surface area contributed by atoms with E-state index in [9.17, 15) is 13.2 Å². The van der Waals surface area contributed by atoms with E-state index in [1.54, 1.807) is 37.3 Å². The molecule has 1 atom stereocenters. The third-order valence-electron chi connectivity index (χ3n) is 5.01. The molecule has 1 saturated heterocycles. The minimum atomic E-state index is -3.77. The highest BCUT2D eigenvalue weighted by Crippen LogP contribution is 2.35. The number of hydrogen-bond donors (Lipinski definition) is 1. The van der Waals surface area contributed by atoms with Crippen LogP contribution in [0.15, 0.2) is 40.1 Å². The van der Waals surface area contributed by atoms with E-state index in [2.05, 4.69) is 5.32 Å². The van der Waals surface area contributed by atoms with Gasteiger partial charge in [0.1, 0.15) is 16.8 Å². The Morgan fingerprint density at radius 1 is 1.26 bits per heavy atom. The molecule has 2 aromatic rings. The van der Waals surface area contributed by atoms with Crippen molar-refractivity contribution in [3.8, 4) is 0 Å². The summed E-state index contributed by atoms with van der Waals surface area (Å²) in [5, 5.41) is 2.86. The van der Waals surface area contributed by atoms with Gasteiger partial charge < -0.3 is 14.6 Å². The fourth-order valence-corrected chi connectivity index (χ4v) is 5.21. The maximum absolute atomic E-state index is 13.4. The molecule has 0 spiro atoms. The zero-order valence-electron chi connectivity index (χ0n) is 16.0. The van der Waals surface area contributed by atoms with E-state index in [-0.39, 0.29) is 15.7 Å². The molecule has 1 aromatic carbocycles. The summed E-state index contributed by atoms with van der Waals surface area (Å²) in [7, 11) is -3.77. The standard InChI is InChI=1S/C20H26N2O4S/c1-4-12-22-15(3)14(2)18(27(24,25)16-9-6-5-7-10-16)19(22)21-20(23)17-11-8-13-26-17/h5-7,9-10,17H,4,8,11-13H2,1-3H3,(H,21,23). The summed E-state index contributed by atoms with van der Waals surface area (Å²) < 4.78 is 34.1. The van der Waals surface area contributed by atoms with Gasteiger partial charge in [-0.3, -0.25) is 4.79 Å². The summed E-state index contributed by atoms with van der Waals surface area (Å²) in [6.07, 6.45) is 1.78. The first-order valence-electron chi connectivity index (χ1n) is 9.30. The number of carbonyl (C=O) groups is 1. The number of nitrogens with zero attached hydrogens (tertiary/aromatic N) is 1. The van der Waals surface area contributed by atoms with Crippen molar-refractivity contribution >= 4 is 21.6 Å². The van der Waals surface area contributed by atoms with Gasteiger partial charge in [-0.15, -0.1) is 0 Å².